The Bertz CT molecular complexity index is 417. The van der Waals surface area contributed by atoms with Crippen molar-refractivity contribution in [1.82, 2.24) is 0 Å². The van der Waals surface area contributed by atoms with E-state index in [4.69, 9.17) is 0 Å². The fraction of sp³-hybridized carbons (Fsp3) is 0. The van der Waals surface area contributed by atoms with Crippen LogP contribution in [0.1, 0.15) is 0 Å². The molecule has 1 heterocycles. The summed E-state index contributed by atoms with van der Waals surface area (Å²) >= 11 is 0.285. The van der Waals surface area contributed by atoms with E-state index in [0.717, 1.165) is 0 Å². The predicted molar refractivity (Wildman–Crippen MR) is 51.1 cm³/mol. The molecule has 0 fully saturated rings. The Morgan fingerprint density at radius 2 is 1.08 bits per heavy atom. The summed E-state index contributed by atoms with van der Waals surface area (Å²) in [7, 11) is 0. The third-order valence-electron chi connectivity index (χ3n) is 2.21. The summed E-state index contributed by atoms with van der Waals surface area (Å²) < 4.78 is 3.10. The molecule has 64 valence electrons. The van der Waals surface area contributed by atoms with E-state index in [1.54, 1.807) is 0.0628 Å². The average molecular weight is 283 g/mol. The first kappa shape index (κ1) is 8.33. The number of fused-ring (bicyclic) bond motifs is 3. The van der Waals surface area contributed by atoms with Gasteiger partial charge in [-0.1, -0.05) is 0 Å². The Hall–Kier alpha value is 0.0114. The van der Waals surface area contributed by atoms with Crippen molar-refractivity contribution in [1.29, 1.82) is 0 Å². The van der Waals surface area contributed by atoms with Crippen LogP contribution in [0.25, 0.3) is 11.1 Å². The maximum absolute atomic E-state index is 2.26. The second kappa shape index (κ2) is 3.30. The third-order valence-corrected chi connectivity index (χ3v) is 5.05. The second-order valence-corrected chi connectivity index (χ2v) is 5.70. The van der Waals surface area contributed by atoms with Gasteiger partial charge in [0.15, 0.2) is 0 Å². The predicted octanol–water partition coefficient (Wildman–Crippen LogP) is 1.70. The minimum atomic E-state index is 0.285. The SMILES string of the molecule is c1ccc2c(c1)[Xe]c1ccccc1-2. The quantitative estimate of drug-likeness (QED) is 0.589. The molecule has 0 atom stereocenters. The van der Waals surface area contributed by atoms with Crippen molar-refractivity contribution in [2.45, 2.75) is 0 Å². The van der Waals surface area contributed by atoms with Crippen molar-refractivity contribution < 1.29 is 44.2 Å². The monoisotopic (exact) mass is 284 g/mol. The summed E-state index contributed by atoms with van der Waals surface area (Å²) in [6.07, 6.45) is 0. The molecule has 0 unspecified atom stereocenters. The summed E-state index contributed by atoms with van der Waals surface area (Å²) in [4.78, 5) is 0. The topological polar surface area (TPSA) is 0 Å². The van der Waals surface area contributed by atoms with Gasteiger partial charge >= 0.3 is 104 Å². The Balaban J connectivity index is 2.32. The zero-order valence-corrected chi connectivity index (χ0v) is 8.99. The van der Waals surface area contributed by atoms with Crippen molar-refractivity contribution >= 4 is 0.0628 Å². The Labute approximate surface area is 102 Å². The molecule has 0 radical (unpaired) electrons. The van der Waals surface area contributed by atoms with Crippen LogP contribution in [0.3, 0.4) is 0 Å². The molecular formula is C12H8Xe. The van der Waals surface area contributed by atoms with Gasteiger partial charge in [0.2, 0.25) is 0 Å². The van der Waals surface area contributed by atoms with Crippen molar-refractivity contribution in [2.24, 2.45) is 0 Å². The first-order valence-corrected chi connectivity index (χ1v) is 6.28. The average Bonchev–Trinajstić information content (AvgIpc) is 2.56. The normalized spacial score (nSPS) is 12.9. The molecule has 0 bridgehead atoms. The van der Waals surface area contributed by atoms with Crippen LogP contribution in [0.2, 0.25) is 0 Å². The third kappa shape index (κ3) is 1.34. The van der Waals surface area contributed by atoms with E-state index < -0.39 is 0 Å². The van der Waals surface area contributed by atoms with E-state index in [2.05, 4.69) is 48.5 Å². The van der Waals surface area contributed by atoms with E-state index in [0.29, 0.717) is 0 Å². The molecule has 2 aromatic carbocycles. The van der Waals surface area contributed by atoms with Crippen LogP contribution >= 0.6 is 0 Å². The minimum absolute atomic E-state index is 0.285. The van der Waals surface area contributed by atoms with Gasteiger partial charge in [-0.2, -0.15) is 0 Å². The fourth-order valence-corrected chi connectivity index (χ4v) is 4.33. The van der Waals surface area contributed by atoms with E-state index in [1.165, 1.54) is 11.1 Å². The van der Waals surface area contributed by atoms with Crippen molar-refractivity contribution in [2.75, 3.05) is 0 Å². The van der Waals surface area contributed by atoms with Crippen LogP contribution in [0, 0.1) is 44.2 Å². The van der Waals surface area contributed by atoms with Crippen LogP contribution in [0.5, 0.6) is 0 Å². The molecule has 0 N–H and O–H groups in total. The van der Waals surface area contributed by atoms with E-state index in [9.17, 15) is 0 Å². The Kier molecular flexibility index (Phi) is 2.11. The van der Waals surface area contributed by atoms with E-state index >= 15 is 0 Å². The van der Waals surface area contributed by atoms with Crippen molar-refractivity contribution in [3.63, 3.8) is 0 Å². The number of rotatable bonds is 0. The molecule has 1 aliphatic rings. The zero-order valence-electron chi connectivity index (χ0n) is 6.97. The van der Waals surface area contributed by atoms with Gasteiger partial charge in [-0.25, -0.2) is 0 Å². The first-order valence-electron chi connectivity index (χ1n) is 4.26. The van der Waals surface area contributed by atoms with Gasteiger partial charge in [0, 0.05) is 0 Å². The molecule has 0 saturated heterocycles. The number of benzene rings is 2. The molecule has 2 aromatic rings. The molecule has 3 rings (SSSR count). The Morgan fingerprint density at radius 3 is 1.62 bits per heavy atom. The van der Waals surface area contributed by atoms with Gasteiger partial charge in [0.05, 0.1) is 0 Å². The zero-order chi connectivity index (χ0) is 8.67. The van der Waals surface area contributed by atoms with E-state index in [1.807, 2.05) is 0 Å². The molecule has 1 aliphatic heterocycles. The van der Waals surface area contributed by atoms with Gasteiger partial charge < -0.3 is 0 Å². The van der Waals surface area contributed by atoms with Gasteiger partial charge in [0.25, 0.3) is 0 Å². The van der Waals surface area contributed by atoms with Crippen molar-refractivity contribution in [3.8, 4) is 11.1 Å². The summed E-state index contributed by atoms with van der Waals surface area (Å²) in [6.45, 7) is 0. The summed E-state index contributed by atoms with van der Waals surface area (Å²) in [5.41, 5.74) is 2.91. The number of hydrogen-bond acceptors (Lipinski definition) is 0. The van der Waals surface area contributed by atoms with Crippen LogP contribution < -0.4 is 0.0628 Å². The van der Waals surface area contributed by atoms with Gasteiger partial charge in [-0.15, -0.1) is 0 Å². The summed E-state index contributed by atoms with van der Waals surface area (Å²) in [5.74, 6) is 0. The van der Waals surface area contributed by atoms with Crippen LogP contribution in [-0.2, 0) is 0 Å². The summed E-state index contributed by atoms with van der Waals surface area (Å²) in [6, 6.07) is 17.5. The van der Waals surface area contributed by atoms with Gasteiger partial charge in [-0.05, 0) is 0 Å². The van der Waals surface area contributed by atoms with Crippen molar-refractivity contribution in [3.05, 3.63) is 48.5 Å². The molecule has 0 spiro atoms. The molecule has 0 aliphatic carbocycles. The van der Waals surface area contributed by atoms with Crippen LogP contribution in [0.4, 0.5) is 0 Å². The van der Waals surface area contributed by atoms with E-state index in [-0.39, 0.29) is 44.2 Å². The van der Waals surface area contributed by atoms with Crippen LogP contribution in [0.15, 0.2) is 48.5 Å². The standard InChI is InChI=1S/C12H8Xe/c1-3-7-11-9(5-1)10-6-2-4-8-12(10)13-11/h1-8H. The van der Waals surface area contributed by atoms with Crippen LogP contribution in [-0.4, -0.2) is 0 Å². The molecule has 1 heteroatoms. The number of hydrogen-bond donors (Lipinski definition) is 0. The van der Waals surface area contributed by atoms with Gasteiger partial charge in [0.1, 0.15) is 0 Å². The second-order valence-electron chi connectivity index (χ2n) is 3.02. The maximum atomic E-state index is 2.26. The molecule has 0 aromatic heterocycles. The molecule has 0 amide bonds. The Morgan fingerprint density at radius 1 is 0.615 bits per heavy atom. The molecule has 0 saturated carbocycles. The first-order chi connectivity index (χ1) is 6.45. The molecular weight excluding hydrogens is 275 g/mol. The summed E-state index contributed by atoms with van der Waals surface area (Å²) in [5, 5.41) is 0. The van der Waals surface area contributed by atoms with Gasteiger partial charge in [-0.3, -0.25) is 0 Å². The fourth-order valence-electron chi connectivity index (χ4n) is 1.60. The molecule has 13 heavy (non-hydrogen) atoms. The molecule has 0 nitrogen and oxygen atoms in total.